The van der Waals surface area contributed by atoms with Gasteiger partial charge in [0.25, 0.3) is 0 Å². The minimum atomic E-state index is -0.497. The van der Waals surface area contributed by atoms with Crippen molar-refractivity contribution in [3.8, 4) is 6.07 Å². The van der Waals surface area contributed by atoms with Crippen LogP contribution in [0.4, 0.5) is 4.79 Å². The van der Waals surface area contributed by atoms with Crippen LogP contribution in [0.1, 0.15) is 44.7 Å². The molecule has 1 amide bonds. The van der Waals surface area contributed by atoms with Gasteiger partial charge in [0.1, 0.15) is 5.60 Å². The van der Waals surface area contributed by atoms with Crippen LogP contribution in [0.3, 0.4) is 0 Å². The first-order chi connectivity index (χ1) is 8.85. The van der Waals surface area contributed by atoms with Crippen LogP contribution in [0.2, 0.25) is 0 Å². The van der Waals surface area contributed by atoms with E-state index in [1.807, 2.05) is 32.9 Å². The van der Waals surface area contributed by atoms with Gasteiger partial charge in [0.05, 0.1) is 11.6 Å². The second-order valence-electron chi connectivity index (χ2n) is 5.95. The van der Waals surface area contributed by atoms with Crippen molar-refractivity contribution in [2.75, 3.05) is 0 Å². The van der Waals surface area contributed by atoms with E-state index in [4.69, 9.17) is 10.00 Å². The summed E-state index contributed by atoms with van der Waals surface area (Å²) in [6.45, 7) is 5.74. The molecule has 0 spiro atoms. The van der Waals surface area contributed by atoms with E-state index in [9.17, 15) is 4.79 Å². The Hall–Kier alpha value is -2.02. The third kappa shape index (κ3) is 3.25. The first-order valence-electron chi connectivity index (χ1n) is 6.36. The van der Waals surface area contributed by atoms with Gasteiger partial charge in [0.2, 0.25) is 0 Å². The van der Waals surface area contributed by atoms with E-state index in [0.29, 0.717) is 5.56 Å². The van der Waals surface area contributed by atoms with Crippen molar-refractivity contribution >= 4 is 6.09 Å². The maximum absolute atomic E-state index is 11.8. The second-order valence-corrected chi connectivity index (χ2v) is 5.95. The number of nitrogens with one attached hydrogen (secondary N) is 1. The largest absolute Gasteiger partial charge is 0.438 e. The highest BCUT2D eigenvalue weighted by Gasteiger charge is 2.48. The van der Waals surface area contributed by atoms with Crippen LogP contribution in [-0.4, -0.2) is 11.6 Å². The number of carbonyl (C=O) groups is 1. The molecule has 0 radical (unpaired) electrons. The lowest BCUT2D eigenvalue weighted by Crippen LogP contribution is -2.42. The number of benzene rings is 1. The third-order valence-electron chi connectivity index (χ3n) is 3.01. The first kappa shape index (κ1) is 13.4. The van der Waals surface area contributed by atoms with E-state index >= 15 is 0 Å². The minimum absolute atomic E-state index is 0.308. The van der Waals surface area contributed by atoms with Crippen LogP contribution in [-0.2, 0) is 10.3 Å². The Balaban J connectivity index is 2.07. The number of nitriles is 1. The smallest absolute Gasteiger partial charge is 0.408 e. The van der Waals surface area contributed by atoms with E-state index in [-0.39, 0.29) is 5.54 Å². The number of hydrogen-bond donors (Lipinski definition) is 1. The van der Waals surface area contributed by atoms with Gasteiger partial charge in [0, 0.05) is 5.54 Å². The third-order valence-corrected chi connectivity index (χ3v) is 3.01. The van der Waals surface area contributed by atoms with Crippen molar-refractivity contribution in [1.29, 1.82) is 5.26 Å². The summed E-state index contributed by atoms with van der Waals surface area (Å²) in [6.07, 6.45) is 1.27. The van der Waals surface area contributed by atoms with Gasteiger partial charge in [0.15, 0.2) is 0 Å². The molecule has 1 N–H and O–H groups in total. The molecule has 1 fully saturated rings. The molecule has 2 rings (SSSR count). The number of nitrogens with zero attached hydrogens (tertiary/aromatic N) is 1. The number of ether oxygens (including phenoxy) is 1. The van der Waals surface area contributed by atoms with Crippen LogP contribution in [0.15, 0.2) is 24.3 Å². The van der Waals surface area contributed by atoms with E-state index in [0.717, 1.165) is 18.4 Å². The van der Waals surface area contributed by atoms with Gasteiger partial charge in [-0.2, -0.15) is 5.26 Å². The summed E-state index contributed by atoms with van der Waals surface area (Å²) in [6, 6.07) is 9.29. The molecule has 1 aromatic rings. The lowest BCUT2D eigenvalue weighted by molar-refractivity contribution is 0.0755. The van der Waals surface area contributed by atoms with E-state index in [1.54, 1.807) is 12.1 Å². The summed E-state index contributed by atoms with van der Waals surface area (Å²) in [7, 11) is 0. The van der Waals surface area contributed by atoms with Gasteiger partial charge >= 0.3 is 6.09 Å². The fourth-order valence-corrected chi connectivity index (χ4v) is 1.92. The summed E-state index contributed by atoms with van der Waals surface area (Å²) in [5.41, 5.74) is 0.760. The molecule has 1 aliphatic rings. The minimum Gasteiger partial charge on any atom is -0.438 e. The molecule has 0 atom stereocenters. The standard InChI is InChI=1S/C15H18N2O2/c1-14(2,3)17-13(18)19-15(8-9-15)12-6-4-11(10-16)5-7-12/h4-7H,8-9H2,1-3H3,(H,17,18). The van der Waals surface area contributed by atoms with Gasteiger partial charge in [-0.25, -0.2) is 4.79 Å². The zero-order chi connectivity index (χ0) is 14.1. The van der Waals surface area contributed by atoms with Crippen molar-refractivity contribution in [3.05, 3.63) is 35.4 Å². The molecule has 1 aliphatic carbocycles. The number of amides is 1. The lowest BCUT2D eigenvalue weighted by atomic mass is 10.1. The molecular weight excluding hydrogens is 240 g/mol. The quantitative estimate of drug-likeness (QED) is 0.886. The van der Waals surface area contributed by atoms with Crippen molar-refractivity contribution in [2.45, 2.75) is 44.8 Å². The van der Waals surface area contributed by atoms with E-state index < -0.39 is 11.7 Å². The zero-order valence-electron chi connectivity index (χ0n) is 11.5. The Kier molecular flexibility index (Phi) is 3.23. The molecule has 4 heteroatoms. The summed E-state index contributed by atoms with van der Waals surface area (Å²) in [4.78, 5) is 11.8. The SMILES string of the molecule is CC(C)(C)NC(=O)OC1(c2ccc(C#N)cc2)CC1. The number of rotatable bonds is 2. The summed E-state index contributed by atoms with van der Waals surface area (Å²) in [5, 5.41) is 11.6. The monoisotopic (exact) mass is 258 g/mol. The molecule has 4 nitrogen and oxygen atoms in total. The molecule has 19 heavy (non-hydrogen) atoms. The van der Waals surface area contributed by atoms with E-state index in [2.05, 4.69) is 11.4 Å². The fraction of sp³-hybridized carbons (Fsp3) is 0.467. The highest BCUT2D eigenvalue weighted by molar-refractivity contribution is 5.69. The summed E-state index contributed by atoms with van der Waals surface area (Å²) in [5.74, 6) is 0. The van der Waals surface area contributed by atoms with Crippen molar-refractivity contribution in [3.63, 3.8) is 0 Å². The molecular formula is C15H18N2O2. The number of carbonyl (C=O) groups excluding carboxylic acids is 1. The molecule has 0 bridgehead atoms. The van der Waals surface area contributed by atoms with Crippen LogP contribution in [0, 0.1) is 11.3 Å². The molecule has 0 aromatic heterocycles. The lowest BCUT2D eigenvalue weighted by Gasteiger charge is -2.23. The topological polar surface area (TPSA) is 62.1 Å². The fourth-order valence-electron chi connectivity index (χ4n) is 1.92. The molecule has 1 saturated carbocycles. The number of hydrogen-bond acceptors (Lipinski definition) is 3. The highest BCUT2D eigenvalue weighted by Crippen LogP contribution is 2.49. The predicted molar refractivity (Wildman–Crippen MR) is 71.4 cm³/mol. The average molecular weight is 258 g/mol. The van der Waals surface area contributed by atoms with Crippen LogP contribution < -0.4 is 5.32 Å². The Morgan fingerprint density at radius 2 is 1.89 bits per heavy atom. The first-order valence-corrected chi connectivity index (χ1v) is 6.36. The Labute approximate surface area is 113 Å². The molecule has 0 saturated heterocycles. The van der Waals surface area contributed by atoms with E-state index in [1.165, 1.54) is 0 Å². The van der Waals surface area contributed by atoms with Gasteiger partial charge < -0.3 is 10.1 Å². The van der Waals surface area contributed by atoms with Crippen molar-refractivity contribution in [2.24, 2.45) is 0 Å². The van der Waals surface area contributed by atoms with Crippen molar-refractivity contribution < 1.29 is 9.53 Å². The predicted octanol–water partition coefficient (Wildman–Crippen LogP) is 3.07. The van der Waals surface area contributed by atoms with Crippen LogP contribution in [0.5, 0.6) is 0 Å². The molecule has 0 heterocycles. The highest BCUT2D eigenvalue weighted by atomic mass is 16.6. The Morgan fingerprint density at radius 1 is 1.32 bits per heavy atom. The maximum atomic E-state index is 11.8. The molecule has 0 aliphatic heterocycles. The van der Waals surface area contributed by atoms with Crippen LogP contribution in [0.25, 0.3) is 0 Å². The second kappa shape index (κ2) is 4.58. The van der Waals surface area contributed by atoms with Crippen molar-refractivity contribution in [1.82, 2.24) is 5.32 Å². The summed E-state index contributed by atoms with van der Waals surface area (Å²) >= 11 is 0. The van der Waals surface area contributed by atoms with Gasteiger partial charge in [-0.3, -0.25) is 0 Å². The number of alkyl carbamates (subject to hydrolysis) is 1. The van der Waals surface area contributed by atoms with Gasteiger partial charge in [-0.15, -0.1) is 0 Å². The Bertz CT molecular complexity index is 517. The zero-order valence-corrected chi connectivity index (χ0v) is 11.5. The molecule has 1 aromatic carbocycles. The van der Waals surface area contributed by atoms with Gasteiger partial charge in [-0.1, -0.05) is 12.1 Å². The maximum Gasteiger partial charge on any atom is 0.408 e. The summed E-state index contributed by atoms with van der Waals surface area (Å²) < 4.78 is 5.55. The van der Waals surface area contributed by atoms with Crippen LogP contribution >= 0.6 is 0 Å². The average Bonchev–Trinajstić information content (AvgIpc) is 3.07. The molecule has 0 unspecified atom stereocenters. The normalized spacial score (nSPS) is 16.3. The van der Waals surface area contributed by atoms with Gasteiger partial charge in [-0.05, 0) is 51.3 Å². The molecule has 100 valence electrons. The Morgan fingerprint density at radius 3 is 2.32 bits per heavy atom.